The Hall–Kier alpha value is -1.10. The standard InChI is InChI=1S/C19H31N3O/c20-14-18-4-3-11-22(16-18)15-17-5-7-19(8-6-17)23-13-12-21-9-1-2-10-21/h5-8,18H,1-4,9-16,20H2/t18-/m1/s1. The lowest BCUT2D eigenvalue weighted by Crippen LogP contribution is -2.37. The molecule has 3 rings (SSSR count). The summed E-state index contributed by atoms with van der Waals surface area (Å²) in [6.45, 7) is 8.52. The molecular weight excluding hydrogens is 286 g/mol. The monoisotopic (exact) mass is 317 g/mol. The Kier molecular flexibility index (Phi) is 6.31. The van der Waals surface area contributed by atoms with Crippen molar-refractivity contribution in [1.82, 2.24) is 9.80 Å². The van der Waals surface area contributed by atoms with Crippen LogP contribution in [0.5, 0.6) is 5.75 Å². The van der Waals surface area contributed by atoms with E-state index in [0.29, 0.717) is 5.92 Å². The van der Waals surface area contributed by atoms with E-state index in [9.17, 15) is 0 Å². The molecule has 4 heteroatoms. The van der Waals surface area contributed by atoms with E-state index in [2.05, 4.69) is 34.1 Å². The number of nitrogens with two attached hydrogens (primary N) is 1. The zero-order valence-corrected chi connectivity index (χ0v) is 14.3. The normalized spacial score (nSPS) is 23.3. The van der Waals surface area contributed by atoms with Crippen LogP contribution in [0.4, 0.5) is 0 Å². The van der Waals surface area contributed by atoms with E-state index in [0.717, 1.165) is 38.5 Å². The first kappa shape index (κ1) is 16.7. The lowest BCUT2D eigenvalue weighted by atomic mass is 9.98. The van der Waals surface area contributed by atoms with Crippen LogP contribution in [0.3, 0.4) is 0 Å². The molecule has 0 amide bonds. The van der Waals surface area contributed by atoms with Gasteiger partial charge in [-0.3, -0.25) is 9.80 Å². The molecule has 128 valence electrons. The van der Waals surface area contributed by atoms with Crippen LogP contribution in [-0.2, 0) is 6.54 Å². The van der Waals surface area contributed by atoms with E-state index in [1.807, 2.05) is 0 Å². The Morgan fingerprint density at radius 2 is 1.74 bits per heavy atom. The van der Waals surface area contributed by atoms with Crippen molar-refractivity contribution in [3.8, 4) is 5.75 Å². The second kappa shape index (κ2) is 8.67. The summed E-state index contributed by atoms with van der Waals surface area (Å²) in [7, 11) is 0. The molecule has 4 nitrogen and oxygen atoms in total. The third-order valence-electron chi connectivity index (χ3n) is 5.14. The maximum absolute atomic E-state index is 5.88. The summed E-state index contributed by atoms with van der Waals surface area (Å²) < 4.78 is 5.88. The Morgan fingerprint density at radius 1 is 1.00 bits per heavy atom. The van der Waals surface area contributed by atoms with Crippen LogP contribution in [-0.4, -0.2) is 55.7 Å². The van der Waals surface area contributed by atoms with Crippen LogP contribution in [0.25, 0.3) is 0 Å². The smallest absolute Gasteiger partial charge is 0.119 e. The molecule has 0 saturated carbocycles. The minimum Gasteiger partial charge on any atom is -0.492 e. The Bertz CT molecular complexity index is 456. The summed E-state index contributed by atoms with van der Waals surface area (Å²) in [6, 6.07) is 8.64. The summed E-state index contributed by atoms with van der Waals surface area (Å²) in [4.78, 5) is 5.02. The fourth-order valence-electron chi connectivity index (χ4n) is 3.74. The highest BCUT2D eigenvalue weighted by molar-refractivity contribution is 5.27. The quantitative estimate of drug-likeness (QED) is 0.838. The molecule has 0 spiro atoms. The second-order valence-electron chi connectivity index (χ2n) is 7.02. The Morgan fingerprint density at radius 3 is 2.48 bits per heavy atom. The average Bonchev–Trinajstić information content (AvgIpc) is 3.10. The molecule has 0 aliphatic carbocycles. The topological polar surface area (TPSA) is 41.7 Å². The van der Waals surface area contributed by atoms with Gasteiger partial charge in [-0.1, -0.05) is 12.1 Å². The summed E-state index contributed by atoms with van der Waals surface area (Å²) in [5.41, 5.74) is 7.19. The van der Waals surface area contributed by atoms with Gasteiger partial charge in [-0.05, 0) is 75.5 Å². The van der Waals surface area contributed by atoms with Crippen molar-refractivity contribution < 1.29 is 4.74 Å². The van der Waals surface area contributed by atoms with Gasteiger partial charge in [0.05, 0.1) is 0 Å². The van der Waals surface area contributed by atoms with E-state index >= 15 is 0 Å². The highest BCUT2D eigenvalue weighted by atomic mass is 16.5. The van der Waals surface area contributed by atoms with Crippen LogP contribution >= 0.6 is 0 Å². The predicted molar refractivity (Wildman–Crippen MR) is 94.7 cm³/mol. The molecule has 0 radical (unpaired) electrons. The van der Waals surface area contributed by atoms with Gasteiger partial charge in [0.25, 0.3) is 0 Å². The number of rotatable bonds is 7. The fourth-order valence-corrected chi connectivity index (χ4v) is 3.74. The van der Waals surface area contributed by atoms with Crippen molar-refractivity contribution in [1.29, 1.82) is 0 Å². The number of nitrogens with zero attached hydrogens (tertiary/aromatic N) is 2. The summed E-state index contributed by atoms with van der Waals surface area (Å²) >= 11 is 0. The second-order valence-corrected chi connectivity index (χ2v) is 7.02. The predicted octanol–water partition coefficient (Wildman–Crippen LogP) is 2.33. The molecule has 2 fully saturated rings. The molecule has 2 saturated heterocycles. The van der Waals surface area contributed by atoms with E-state index in [1.165, 1.54) is 50.9 Å². The molecule has 2 heterocycles. The first-order valence-electron chi connectivity index (χ1n) is 9.20. The molecular formula is C19H31N3O. The number of hydrogen-bond acceptors (Lipinski definition) is 4. The van der Waals surface area contributed by atoms with Gasteiger partial charge < -0.3 is 10.5 Å². The van der Waals surface area contributed by atoms with Crippen LogP contribution in [0, 0.1) is 5.92 Å². The Labute approximate surface area is 140 Å². The van der Waals surface area contributed by atoms with Crippen molar-refractivity contribution in [2.24, 2.45) is 11.7 Å². The van der Waals surface area contributed by atoms with Crippen LogP contribution in [0.1, 0.15) is 31.2 Å². The molecule has 0 aromatic heterocycles. The first-order chi connectivity index (χ1) is 11.3. The third kappa shape index (κ3) is 5.20. The van der Waals surface area contributed by atoms with Crippen molar-refractivity contribution >= 4 is 0 Å². The number of likely N-dealkylation sites (tertiary alicyclic amines) is 2. The van der Waals surface area contributed by atoms with Crippen molar-refractivity contribution in [3.63, 3.8) is 0 Å². The summed E-state index contributed by atoms with van der Waals surface area (Å²) in [5.74, 6) is 1.67. The maximum atomic E-state index is 5.88. The molecule has 2 N–H and O–H groups in total. The van der Waals surface area contributed by atoms with Gasteiger partial charge in [0.1, 0.15) is 12.4 Å². The molecule has 1 aromatic carbocycles. The van der Waals surface area contributed by atoms with Crippen LogP contribution in [0.2, 0.25) is 0 Å². The van der Waals surface area contributed by atoms with Crippen LogP contribution in [0.15, 0.2) is 24.3 Å². The van der Waals surface area contributed by atoms with Gasteiger partial charge in [0.15, 0.2) is 0 Å². The van der Waals surface area contributed by atoms with Gasteiger partial charge in [-0.15, -0.1) is 0 Å². The van der Waals surface area contributed by atoms with Crippen molar-refractivity contribution in [2.75, 3.05) is 45.9 Å². The zero-order valence-electron chi connectivity index (χ0n) is 14.3. The molecule has 2 aliphatic heterocycles. The Balaban J connectivity index is 1.41. The number of benzene rings is 1. The minimum atomic E-state index is 0.678. The van der Waals surface area contributed by atoms with Crippen molar-refractivity contribution in [3.05, 3.63) is 29.8 Å². The highest BCUT2D eigenvalue weighted by Gasteiger charge is 2.18. The van der Waals surface area contributed by atoms with Gasteiger partial charge in [0, 0.05) is 19.6 Å². The van der Waals surface area contributed by atoms with Crippen molar-refractivity contribution in [2.45, 2.75) is 32.2 Å². The maximum Gasteiger partial charge on any atom is 0.119 e. The summed E-state index contributed by atoms with van der Waals surface area (Å²) in [5, 5.41) is 0. The molecule has 1 aromatic rings. The number of piperidine rings is 1. The third-order valence-corrected chi connectivity index (χ3v) is 5.14. The fraction of sp³-hybridized carbons (Fsp3) is 0.684. The van der Waals surface area contributed by atoms with Gasteiger partial charge in [-0.2, -0.15) is 0 Å². The molecule has 1 atom stereocenters. The number of ether oxygens (including phenoxy) is 1. The largest absolute Gasteiger partial charge is 0.492 e. The van der Waals surface area contributed by atoms with E-state index in [1.54, 1.807) is 0 Å². The van der Waals surface area contributed by atoms with E-state index in [4.69, 9.17) is 10.5 Å². The minimum absolute atomic E-state index is 0.678. The lowest BCUT2D eigenvalue weighted by Gasteiger charge is -2.32. The molecule has 23 heavy (non-hydrogen) atoms. The summed E-state index contributed by atoms with van der Waals surface area (Å²) in [6.07, 6.45) is 5.25. The molecule has 2 aliphatic rings. The van der Waals surface area contributed by atoms with Gasteiger partial charge >= 0.3 is 0 Å². The van der Waals surface area contributed by atoms with Gasteiger partial charge in [-0.25, -0.2) is 0 Å². The molecule has 0 bridgehead atoms. The lowest BCUT2D eigenvalue weighted by molar-refractivity contribution is 0.171. The SMILES string of the molecule is NC[C@H]1CCCN(Cc2ccc(OCCN3CCCC3)cc2)C1. The first-order valence-corrected chi connectivity index (χ1v) is 9.20. The van der Waals surface area contributed by atoms with E-state index in [-0.39, 0.29) is 0 Å². The molecule has 0 unspecified atom stereocenters. The number of hydrogen-bond donors (Lipinski definition) is 1. The highest BCUT2D eigenvalue weighted by Crippen LogP contribution is 2.19. The zero-order chi connectivity index (χ0) is 15.9. The average molecular weight is 317 g/mol. The van der Waals surface area contributed by atoms with Crippen LogP contribution < -0.4 is 10.5 Å². The van der Waals surface area contributed by atoms with Gasteiger partial charge in [0.2, 0.25) is 0 Å². The van der Waals surface area contributed by atoms with E-state index < -0.39 is 0 Å².